The predicted octanol–water partition coefficient (Wildman–Crippen LogP) is 1.49. The van der Waals surface area contributed by atoms with Crippen molar-refractivity contribution in [2.75, 3.05) is 7.05 Å². The van der Waals surface area contributed by atoms with Crippen LogP contribution < -0.4 is 0 Å². The summed E-state index contributed by atoms with van der Waals surface area (Å²) in [6, 6.07) is 0.841. The zero-order valence-electron chi connectivity index (χ0n) is 6.52. The Kier molecular flexibility index (Phi) is 0.852. The average molecular weight is 125 g/mol. The van der Waals surface area contributed by atoms with Gasteiger partial charge in [0.2, 0.25) is 0 Å². The highest BCUT2D eigenvalue weighted by Crippen LogP contribution is 2.56. The third-order valence-electron chi connectivity index (χ3n) is 3.47. The van der Waals surface area contributed by atoms with E-state index in [1.165, 1.54) is 12.8 Å². The van der Waals surface area contributed by atoms with Crippen molar-refractivity contribution < 1.29 is 0 Å². The Labute approximate surface area is 57.0 Å². The molecule has 1 saturated heterocycles. The second kappa shape index (κ2) is 1.34. The van der Waals surface area contributed by atoms with Crippen LogP contribution in [0.15, 0.2) is 0 Å². The molecule has 0 radical (unpaired) electrons. The topological polar surface area (TPSA) is 3.24 Å². The van der Waals surface area contributed by atoms with Crippen LogP contribution in [-0.4, -0.2) is 23.5 Å². The maximum absolute atomic E-state index is 2.54. The first-order valence-electron chi connectivity index (χ1n) is 3.87. The SMILES string of the molecule is CC1C[C@@H]2CC2(C)N1C. The quantitative estimate of drug-likeness (QED) is 0.474. The van der Waals surface area contributed by atoms with E-state index in [0.717, 1.165) is 12.0 Å². The lowest BCUT2D eigenvalue weighted by atomic mass is 10.2. The molecule has 0 spiro atoms. The van der Waals surface area contributed by atoms with Gasteiger partial charge in [0.15, 0.2) is 0 Å². The number of piperidine rings is 1. The second-order valence-electron chi connectivity index (χ2n) is 3.95. The van der Waals surface area contributed by atoms with Gasteiger partial charge in [0.05, 0.1) is 0 Å². The number of fused-ring (bicyclic) bond motifs is 1. The van der Waals surface area contributed by atoms with Crippen LogP contribution in [0.1, 0.15) is 26.7 Å². The van der Waals surface area contributed by atoms with Crippen LogP contribution in [0, 0.1) is 5.92 Å². The normalized spacial score (nSPS) is 57.7. The fourth-order valence-corrected chi connectivity index (χ4v) is 2.28. The van der Waals surface area contributed by atoms with E-state index < -0.39 is 0 Å². The molecule has 0 aromatic rings. The minimum absolute atomic E-state index is 0.624. The zero-order chi connectivity index (χ0) is 6.65. The van der Waals surface area contributed by atoms with E-state index in [-0.39, 0.29) is 0 Å². The molecule has 52 valence electrons. The van der Waals surface area contributed by atoms with Crippen molar-refractivity contribution in [3.8, 4) is 0 Å². The van der Waals surface area contributed by atoms with Crippen LogP contribution >= 0.6 is 0 Å². The van der Waals surface area contributed by atoms with Gasteiger partial charge < -0.3 is 0 Å². The highest BCUT2D eigenvalue weighted by molar-refractivity contribution is 5.14. The van der Waals surface area contributed by atoms with Crippen molar-refractivity contribution >= 4 is 0 Å². The van der Waals surface area contributed by atoms with E-state index in [1.54, 1.807) is 0 Å². The van der Waals surface area contributed by atoms with Crippen LogP contribution in [0.2, 0.25) is 0 Å². The Hall–Kier alpha value is -0.0400. The summed E-state index contributed by atoms with van der Waals surface area (Å²) < 4.78 is 0. The van der Waals surface area contributed by atoms with Gasteiger partial charge in [-0.15, -0.1) is 0 Å². The number of hydrogen-bond donors (Lipinski definition) is 0. The van der Waals surface area contributed by atoms with E-state index in [9.17, 15) is 0 Å². The van der Waals surface area contributed by atoms with Crippen molar-refractivity contribution in [1.29, 1.82) is 0 Å². The summed E-state index contributed by atoms with van der Waals surface area (Å²) in [5.74, 6) is 1.04. The molecule has 0 amide bonds. The molecule has 0 aromatic heterocycles. The average Bonchev–Trinajstić information content (AvgIpc) is 2.36. The molecule has 9 heavy (non-hydrogen) atoms. The fourth-order valence-electron chi connectivity index (χ4n) is 2.28. The Bertz CT molecular complexity index is 144. The molecule has 1 aliphatic carbocycles. The first-order chi connectivity index (χ1) is 4.14. The molecular weight excluding hydrogens is 110 g/mol. The Morgan fingerprint density at radius 1 is 1.56 bits per heavy atom. The van der Waals surface area contributed by atoms with E-state index in [4.69, 9.17) is 0 Å². The van der Waals surface area contributed by atoms with Crippen LogP contribution in [0.4, 0.5) is 0 Å². The number of likely N-dealkylation sites (tertiary alicyclic amines) is 1. The third kappa shape index (κ3) is 0.536. The molecule has 2 aliphatic rings. The largest absolute Gasteiger partial charge is 0.298 e. The number of rotatable bonds is 0. The molecule has 3 atom stereocenters. The summed E-state index contributed by atoms with van der Waals surface area (Å²) in [5, 5.41) is 0. The highest BCUT2D eigenvalue weighted by Gasteiger charge is 2.59. The predicted molar refractivity (Wildman–Crippen MR) is 38.4 cm³/mol. The van der Waals surface area contributed by atoms with Crippen molar-refractivity contribution in [3.05, 3.63) is 0 Å². The highest BCUT2D eigenvalue weighted by atomic mass is 15.3. The Balaban J connectivity index is 2.18. The molecule has 1 saturated carbocycles. The van der Waals surface area contributed by atoms with Gasteiger partial charge in [-0.2, -0.15) is 0 Å². The van der Waals surface area contributed by atoms with Gasteiger partial charge in [-0.05, 0) is 39.7 Å². The lowest BCUT2D eigenvalue weighted by molar-refractivity contribution is 0.219. The molecule has 1 heteroatoms. The fraction of sp³-hybridized carbons (Fsp3) is 1.00. The maximum atomic E-state index is 2.54. The van der Waals surface area contributed by atoms with E-state index in [1.807, 2.05) is 0 Å². The van der Waals surface area contributed by atoms with Crippen molar-refractivity contribution in [2.45, 2.75) is 38.3 Å². The molecule has 0 N–H and O–H groups in total. The van der Waals surface area contributed by atoms with Gasteiger partial charge in [-0.1, -0.05) is 0 Å². The van der Waals surface area contributed by atoms with Gasteiger partial charge in [0.1, 0.15) is 0 Å². The van der Waals surface area contributed by atoms with Crippen LogP contribution in [0.3, 0.4) is 0 Å². The first-order valence-corrected chi connectivity index (χ1v) is 3.87. The zero-order valence-corrected chi connectivity index (χ0v) is 6.52. The second-order valence-corrected chi connectivity index (χ2v) is 3.95. The molecule has 2 rings (SSSR count). The maximum Gasteiger partial charge on any atom is 0.0213 e. The van der Waals surface area contributed by atoms with E-state index >= 15 is 0 Å². The lowest BCUT2D eigenvalue weighted by Gasteiger charge is -2.24. The Morgan fingerprint density at radius 2 is 2.22 bits per heavy atom. The smallest absolute Gasteiger partial charge is 0.0213 e. The van der Waals surface area contributed by atoms with Gasteiger partial charge in [0, 0.05) is 11.6 Å². The summed E-state index contributed by atoms with van der Waals surface area (Å²) in [7, 11) is 2.26. The van der Waals surface area contributed by atoms with Crippen molar-refractivity contribution in [3.63, 3.8) is 0 Å². The number of nitrogens with zero attached hydrogens (tertiary/aromatic N) is 1. The molecule has 1 aliphatic heterocycles. The molecule has 1 nitrogen and oxygen atoms in total. The summed E-state index contributed by atoms with van der Waals surface area (Å²) in [4.78, 5) is 2.54. The molecule has 2 fully saturated rings. The third-order valence-corrected chi connectivity index (χ3v) is 3.47. The number of hydrogen-bond acceptors (Lipinski definition) is 1. The van der Waals surface area contributed by atoms with E-state index in [2.05, 4.69) is 25.8 Å². The molecular formula is C8H15N. The summed E-state index contributed by atoms with van der Waals surface area (Å²) in [6.45, 7) is 4.72. The van der Waals surface area contributed by atoms with E-state index in [0.29, 0.717) is 5.54 Å². The Morgan fingerprint density at radius 3 is 2.44 bits per heavy atom. The van der Waals surface area contributed by atoms with Crippen LogP contribution in [-0.2, 0) is 0 Å². The van der Waals surface area contributed by atoms with Crippen LogP contribution in [0.25, 0.3) is 0 Å². The molecule has 0 bridgehead atoms. The summed E-state index contributed by atoms with van der Waals surface area (Å²) in [6.07, 6.45) is 2.89. The lowest BCUT2D eigenvalue weighted by Crippen LogP contribution is -2.33. The van der Waals surface area contributed by atoms with Gasteiger partial charge in [0.25, 0.3) is 0 Å². The molecule has 2 unspecified atom stereocenters. The summed E-state index contributed by atoms with van der Waals surface area (Å²) >= 11 is 0. The molecule has 1 heterocycles. The minimum Gasteiger partial charge on any atom is -0.298 e. The molecule has 0 aromatic carbocycles. The van der Waals surface area contributed by atoms with Crippen molar-refractivity contribution in [1.82, 2.24) is 4.90 Å². The van der Waals surface area contributed by atoms with Crippen LogP contribution in [0.5, 0.6) is 0 Å². The first kappa shape index (κ1) is 5.72. The van der Waals surface area contributed by atoms with Gasteiger partial charge in [-0.25, -0.2) is 0 Å². The van der Waals surface area contributed by atoms with Crippen molar-refractivity contribution in [2.24, 2.45) is 5.92 Å². The monoisotopic (exact) mass is 125 g/mol. The van der Waals surface area contributed by atoms with Gasteiger partial charge in [-0.3, -0.25) is 4.90 Å². The van der Waals surface area contributed by atoms with Gasteiger partial charge >= 0.3 is 0 Å². The minimum atomic E-state index is 0.624. The summed E-state index contributed by atoms with van der Waals surface area (Å²) in [5.41, 5.74) is 0.624. The standard InChI is InChI=1S/C8H15N/c1-6-4-7-5-8(7,2)9(6)3/h6-7H,4-5H2,1-3H3/t6?,7-,8?/m1/s1.